The fraction of sp³-hybridized carbons (Fsp3) is 0.400. The Balaban J connectivity index is 1.95. The molecular formula is C15H20BrN3. The first-order valence-electron chi connectivity index (χ1n) is 6.80. The monoisotopic (exact) mass is 321 g/mol. The van der Waals surface area contributed by atoms with Gasteiger partial charge < -0.3 is 11.1 Å². The van der Waals surface area contributed by atoms with Crippen LogP contribution in [-0.4, -0.2) is 18.1 Å². The maximum atomic E-state index is 5.48. The molecule has 0 aliphatic heterocycles. The van der Waals surface area contributed by atoms with E-state index in [0.717, 1.165) is 36.2 Å². The predicted octanol–water partition coefficient (Wildman–Crippen LogP) is 3.93. The van der Waals surface area contributed by atoms with Crippen molar-refractivity contribution in [3.05, 3.63) is 34.9 Å². The second-order valence-corrected chi connectivity index (χ2v) is 5.48. The standard InChI is InChI=1S/C15H20BrN3/c16-14-7-5-6-13-12(14)8-11-19-15(13)18-10-4-2-1-3-9-17/h5-8,11H,1-4,9-10,17H2,(H,18,19). The number of hydrogen-bond acceptors (Lipinski definition) is 3. The number of rotatable bonds is 7. The van der Waals surface area contributed by atoms with E-state index in [1.165, 1.54) is 23.6 Å². The Labute approximate surface area is 122 Å². The average molecular weight is 322 g/mol. The lowest BCUT2D eigenvalue weighted by molar-refractivity contribution is 0.661. The fourth-order valence-corrected chi connectivity index (χ4v) is 2.64. The van der Waals surface area contributed by atoms with E-state index in [9.17, 15) is 0 Å². The van der Waals surface area contributed by atoms with E-state index in [2.05, 4.69) is 38.4 Å². The summed E-state index contributed by atoms with van der Waals surface area (Å²) in [5.74, 6) is 0.970. The number of halogens is 1. The molecule has 0 spiro atoms. The molecule has 0 atom stereocenters. The van der Waals surface area contributed by atoms with Gasteiger partial charge in [-0.1, -0.05) is 40.9 Å². The van der Waals surface area contributed by atoms with Gasteiger partial charge in [0.15, 0.2) is 0 Å². The first-order chi connectivity index (χ1) is 9.33. The summed E-state index contributed by atoms with van der Waals surface area (Å²) in [6, 6.07) is 8.23. The van der Waals surface area contributed by atoms with E-state index < -0.39 is 0 Å². The van der Waals surface area contributed by atoms with Gasteiger partial charge in [0.05, 0.1) is 0 Å². The van der Waals surface area contributed by atoms with E-state index in [1.54, 1.807) is 0 Å². The van der Waals surface area contributed by atoms with Gasteiger partial charge >= 0.3 is 0 Å². The molecule has 1 aromatic heterocycles. The lowest BCUT2D eigenvalue weighted by atomic mass is 10.1. The molecule has 19 heavy (non-hydrogen) atoms. The topological polar surface area (TPSA) is 50.9 Å². The number of pyridine rings is 1. The number of fused-ring (bicyclic) bond motifs is 1. The molecule has 0 unspecified atom stereocenters. The van der Waals surface area contributed by atoms with E-state index >= 15 is 0 Å². The molecule has 1 heterocycles. The summed E-state index contributed by atoms with van der Waals surface area (Å²) in [5.41, 5.74) is 5.48. The van der Waals surface area contributed by atoms with Crippen LogP contribution in [0, 0.1) is 0 Å². The van der Waals surface area contributed by atoms with Gasteiger partial charge in [-0.25, -0.2) is 4.98 Å². The molecule has 3 nitrogen and oxygen atoms in total. The zero-order chi connectivity index (χ0) is 13.5. The SMILES string of the molecule is NCCCCCCNc1nccc2c(Br)cccc12. The summed E-state index contributed by atoms with van der Waals surface area (Å²) >= 11 is 3.57. The third kappa shape index (κ3) is 3.91. The van der Waals surface area contributed by atoms with Crippen LogP contribution in [-0.2, 0) is 0 Å². The highest BCUT2D eigenvalue weighted by atomic mass is 79.9. The fourth-order valence-electron chi connectivity index (χ4n) is 2.14. The lowest BCUT2D eigenvalue weighted by Crippen LogP contribution is -2.04. The summed E-state index contributed by atoms with van der Waals surface area (Å²) in [4.78, 5) is 4.43. The van der Waals surface area contributed by atoms with Gasteiger partial charge in [-0.2, -0.15) is 0 Å². The van der Waals surface area contributed by atoms with Crippen molar-refractivity contribution in [1.29, 1.82) is 0 Å². The predicted molar refractivity (Wildman–Crippen MR) is 85.5 cm³/mol. The number of aromatic nitrogens is 1. The minimum absolute atomic E-state index is 0.798. The highest BCUT2D eigenvalue weighted by Crippen LogP contribution is 2.27. The van der Waals surface area contributed by atoms with Crippen molar-refractivity contribution in [3.63, 3.8) is 0 Å². The Kier molecular flexibility index (Phi) is 5.61. The molecule has 0 aliphatic rings. The second-order valence-electron chi connectivity index (χ2n) is 4.62. The van der Waals surface area contributed by atoms with Crippen molar-refractivity contribution in [1.82, 2.24) is 4.98 Å². The zero-order valence-electron chi connectivity index (χ0n) is 11.0. The number of anilines is 1. The summed E-state index contributed by atoms with van der Waals surface area (Å²) in [6.45, 7) is 1.76. The largest absolute Gasteiger partial charge is 0.370 e. The Hall–Kier alpha value is -1.13. The molecule has 0 fully saturated rings. The van der Waals surface area contributed by atoms with Crippen molar-refractivity contribution in [2.45, 2.75) is 25.7 Å². The van der Waals surface area contributed by atoms with Crippen LogP contribution in [0.25, 0.3) is 10.8 Å². The normalized spacial score (nSPS) is 10.8. The number of benzene rings is 1. The van der Waals surface area contributed by atoms with Crippen LogP contribution in [0.5, 0.6) is 0 Å². The maximum absolute atomic E-state index is 5.48. The van der Waals surface area contributed by atoms with Crippen LogP contribution < -0.4 is 11.1 Å². The molecule has 0 amide bonds. The molecule has 0 saturated carbocycles. The molecule has 4 heteroatoms. The number of nitrogens with zero attached hydrogens (tertiary/aromatic N) is 1. The first kappa shape index (κ1) is 14.3. The van der Waals surface area contributed by atoms with Crippen molar-refractivity contribution in [2.75, 3.05) is 18.4 Å². The third-order valence-corrected chi connectivity index (χ3v) is 3.87. The van der Waals surface area contributed by atoms with Crippen molar-refractivity contribution >= 4 is 32.5 Å². The summed E-state index contributed by atoms with van der Waals surface area (Å²) < 4.78 is 1.11. The van der Waals surface area contributed by atoms with Gasteiger partial charge in [-0.15, -0.1) is 0 Å². The van der Waals surface area contributed by atoms with Gasteiger partial charge in [0, 0.05) is 28.0 Å². The molecule has 2 rings (SSSR count). The van der Waals surface area contributed by atoms with E-state index in [0.29, 0.717) is 0 Å². The second kappa shape index (κ2) is 7.46. The first-order valence-corrected chi connectivity index (χ1v) is 7.59. The van der Waals surface area contributed by atoms with Crippen molar-refractivity contribution in [2.24, 2.45) is 5.73 Å². The summed E-state index contributed by atoms with van der Waals surface area (Å²) in [7, 11) is 0. The van der Waals surface area contributed by atoms with Gasteiger partial charge in [-0.05, 0) is 31.5 Å². The minimum Gasteiger partial charge on any atom is -0.370 e. The smallest absolute Gasteiger partial charge is 0.133 e. The molecular weight excluding hydrogens is 302 g/mol. The highest BCUT2D eigenvalue weighted by molar-refractivity contribution is 9.10. The van der Waals surface area contributed by atoms with Gasteiger partial charge in [-0.3, -0.25) is 0 Å². The number of unbranched alkanes of at least 4 members (excludes halogenated alkanes) is 3. The molecule has 0 saturated heterocycles. The van der Waals surface area contributed by atoms with Crippen molar-refractivity contribution < 1.29 is 0 Å². The summed E-state index contributed by atoms with van der Waals surface area (Å²) in [5, 5.41) is 5.79. The Bertz CT molecular complexity index is 528. The van der Waals surface area contributed by atoms with Crippen LogP contribution in [0.1, 0.15) is 25.7 Å². The third-order valence-electron chi connectivity index (χ3n) is 3.18. The molecule has 0 bridgehead atoms. The highest BCUT2D eigenvalue weighted by Gasteiger charge is 2.03. The van der Waals surface area contributed by atoms with Crippen LogP contribution >= 0.6 is 15.9 Å². The Morgan fingerprint density at radius 1 is 1.05 bits per heavy atom. The van der Waals surface area contributed by atoms with Crippen LogP contribution in [0.3, 0.4) is 0 Å². The Morgan fingerprint density at radius 2 is 1.89 bits per heavy atom. The van der Waals surface area contributed by atoms with Gasteiger partial charge in [0.1, 0.15) is 5.82 Å². The average Bonchev–Trinajstić information content (AvgIpc) is 2.43. The quantitative estimate of drug-likeness (QED) is 0.760. The number of nitrogens with two attached hydrogens (primary N) is 1. The number of nitrogens with one attached hydrogen (secondary N) is 1. The lowest BCUT2D eigenvalue weighted by Gasteiger charge is -2.09. The van der Waals surface area contributed by atoms with Gasteiger partial charge in [0.2, 0.25) is 0 Å². The van der Waals surface area contributed by atoms with E-state index in [4.69, 9.17) is 5.73 Å². The number of hydrogen-bond donors (Lipinski definition) is 2. The zero-order valence-corrected chi connectivity index (χ0v) is 12.6. The van der Waals surface area contributed by atoms with Crippen LogP contribution in [0.4, 0.5) is 5.82 Å². The molecule has 2 aromatic rings. The molecule has 0 aliphatic carbocycles. The molecule has 0 radical (unpaired) electrons. The van der Waals surface area contributed by atoms with Gasteiger partial charge in [0.25, 0.3) is 0 Å². The van der Waals surface area contributed by atoms with Crippen LogP contribution in [0.15, 0.2) is 34.9 Å². The minimum atomic E-state index is 0.798. The summed E-state index contributed by atoms with van der Waals surface area (Å²) in [6.07, 6.45) is 6.57. The Morgan fingerprint density at radius 3 is 2.74 bits per heavy atom. The van der Waals surface area contributed by atoms with E-state index in [-0.39, 0.29) is 0 Å². The maximum Gasteiger partial charge on any atom is 0.133 e. The molecule has 102 valence electrons. The molecule has 1 aromatic carbocycles. The van der Waals surface area contributed by atoms with Crippen LogP contribution in [0.2, 0.25) is 0 Å². The molecule has 3 N–H and O–H groups in total. The van der Waals surface area contributed by atoms with E-state index in [1.807, 2.05) is 18.3 Å². The van der Waals surface area contributed by atoms with Crippen molar-refractivity contribution in [3.8, 4) is 0 Å².